The summed E-state index contributed by atoms with van der Waals surface area (Å²) in [4.78, 5) is 15.4. The number of rotatable bonds is 8. The first kappa shape index (κ1) is 20.5. The molecule has 0 spiro atoms. The molecule has 2 aliphatic carbocycles. The first-order valence-corrected chi connectivity index (χ1v) is 10.8. The van der Waals surface area contributed by atoms with Crippen molar-refractivity contribution >= 4 is 11.5 Å². The van der Waals surface area contributed by atoms with E-state index in [9.17, 15) is 4.79 Å². The van der Waals surface area contributed by atoms with Crippen LogP contribution in [0.25, 0.3) is 17.0 Å². The lowest BCUT2D eigenvalue weighted by molar-refractivity contribution is -0.145. The van der Waals surface area contributed by atoms with Crippen LogP contribution in [0.1, 0.15) is 50.9 Å². The second-order valence-corrected chi connectivity index (χ2v) is 8.85. The summed E-state index contributed by atoms with van der Waals surface area (Å²) in [6.45, 7) is 5.23. The van der Waals surface area contributed by atoms with Gasteiger partial charge in [-0.05, 0) is 55.2 Å². The van der Waals surface area contributed by atoms with Gasteiger partial charge in [0, 0.05) is 23.7 Å². The SMILES string of the molecule is CC(C)CC1C=CC(c2noc(-c3ccc(CN[C@H]4C[C@@H](C(=O)O)C4)cc3)n2)=CC1. The van der Waals surface area contributed by atoms with Gasteiger partial charge in [0.1, 0.15) is 0 Å². The van der Waals surface area contributed by atoms with Crippen molar-refractivity contribution in [3.05, 3.63) is 53.9 Å². The summed E-state index contributed by atoms with van der Waals surface area (Å²) in [5.41, 5.74) is 3.06. The molecule has 0 saturated heterocycles. The van der Waals surface area contributed by atoms with Crippen molar-refractivity contribution in [1.29, 1.82) is 0 Å². The Morgan fingerprint density at radius 3 is 2.67 bits per heavy atom. The zero-order valence-electron chi connectivity index (χ0n) is 17.5. The van der Waals surface area contributed by atoms with Gasteiger partial charge in [0.05, 0.1) is 5.92 Å². The Balaban J connectivity index is 1.31. The smallest absolute Gasteiger partial charge is 0.306 e. The summed E-state index contributed by atoms with van der Waals surface area (Å²) >= 11 is 0. The second-order valence-electron chi connectivity index (χ2n) is 8.85. The Morgan fingerprint density at radius 2 is 2.03 bits per heavy atom. The fraction of sp³-hybridized carbons (Fsp3) is 0.458. The van der Waals surface area contributed by atoms with E-state index >= 15 is 0 Å². The standard InChI is InChI=1S/C24H29N3O3/c1-15(2)11-16-3-7-18(8-4-16)22-26-23(30-27-22)19-9-5-17(6-10-19)14-25-21-12-20(13-21)24(28)29/h3,5-10,15-16,20-21,25H,4,11-14H2,1-2H3,(H,28,29)/t16?,20-,21+. The van der Waals surface area contributed by atoms with E-state index < -0.39 is 5.97 Å². The number of hydrogen-bond donors (Lipinski definition) is 2. The number of benzene rings is 1. The molecule has 2 N–H and O–H groups in total. The van der Waals surface area contributed by atoms with Crippen LogP contribution in [0.2, 0.25) is 0 Å². The second kappa shape index (κ2) is 8.96. The lowest BCUT2D eigenvalue weighted by atomic mass is 9.80. The minimum Gasteiger partial charge on any atom is -0.481 e. The molecular weight excluding hydrogens is 378 g/mol. The molecule has 1 aromatic heterocycles. The van der Waals surface area contributed by atoms with E-state index in [0.29, 0.717) is 42.4 Å². The molecule has 1 aromatic carbocycles. The Labute approximate surface area is 177 Å². The molecule has 6 nitrogen and oxygen atoms in total. The quantitative estimate of drug-likeness (QED) is 0.660. The summed E-state index contributed by atoms with van der Waals surface area (Å²) in [6, 6.07) is 8.34. The molecule has 158 valence electrons. The number of allylic oxidation sites excluding steroid dienone is 4. The van der Waals surface area contributed by atoms with Crippen LogP contribution < -0.4 is 5.32 Å². The van der Waals surface area contributed by atoms with Gasteiger partial charge < -0.3 is 14.9 Å². The topological polar surface area (TPSA) is 88.2 Å². The summed E-state index contributed by atoms with van der Waals surface area (Å²) in [7, 11) is 0. The molecule has 0 amide bonds. The van der Waals surface area contributed by atoms with Gasteiger partial charge in [-0.1, -0.05) is 49.4 Å². The Kier molecular flexibility index (Phi) is 6.13. The van der Waals surface area contributed by atoms with Crippen LogP contribution >= 0.6 is 0 Å². The molecule has 1 fully saturated rings. The van der Waals surface area contributed by atoms with Gasteiger partial charge in [-0.2, -0.15) is 4.98 Å². The Bertz CT molecular complexity index is 937. The molecule has 0 bridgehead atoms. The third-order valence-corrected chi connectivity index (χ3v) is 5.93. The van der Waals surface area contributed by atoms with E-state index in [1.54, 1.807) is 0 Å². The highest BCUT2D eigenvalue weighted by molar-refractivity contribution is 5.72. The lowest BCUT2D eigenvalue weighted by Gasteiger charge is -2.33. The summed E-state index contributed by atoms with van der Waals surface area (Å²) in [5, 5.41) is 16.5. The number of nitrogens with one attached hydrogen (secondary N) is 1. The van der Waals surface area contributed by atoms with Crippen molar-refractivity contribution < 1.29 is 14.4 Å². The van der Waals surface area contributed by atoms with E-state index in [0.717, 1.165) is 29.7 Å². The number of carbonyl (C=O) groups is 1. The molecule has 0 aliphatic heterocycles. The van der Waals surface area contributed by atoms with Crippen molar-refractivity contribution in [3.8, 4) is 11.5 Å². The van der Waals surface area contributed by atoms with Crippen molar-refractivity contribution in [1.82, 2.24) is 15.5 Å². The number of carboxylic acid groups (broad SMARTS) is 1. The highest BCUT2D eigenvalue weighted by Gasteiger charge is 2.33. The van der Waals surface area contributed by atoms with E-state index in [1.807, 2.05) is 24.3 Å². The Hall–Kier alpha value is -2.73. The molecule has 2 aromatic rings. The fourth-order valence-corrected chi connectivity index (χ4v) is 4.08. The molecule has 6 heteroatoms. The first-order valence-electron chi connectivity index (χ1n) is 10.8. The molecule has 30 heavy (non-hydrogen) atoms. The highest BCUT2D eigenvalue weighted by Crippen LogP contribution is 2.29. The number of nitrogens with zero attached hydrogens (tertiary/aromatic N) is 2. The zero-order valence-corrected chi connectivity index (χ0v) is 17.5. The summed E-state index contributed by atoms with van der Waals surface area (Å²) in [5.74, 6) is 1.56. The first-order chi connectivity index (χ1) is 14.5. The van der Waals surface area contributed by atoms with Gasteiger partial charge in [-0.25, -0.2) is 0 Å². The average Bonchev–Trinajstić information content (AvgIpc) is 3.17. The predicted molar refractivity (Wildman–Crippen MR) is 115 cm³/mol. The predicted octanol–water partition coefficient (Wildman–Crippen LogP) is 4.70. The average molecular weight is 408 g/mol. The third kappa shape index (κ3) is 4.87. The van der Waals surface area contributed by atoms with Crippen LogP contribution in [0.4, 0.5) is 0 Å². The molecular formula is C24H29N3O3. The van der Waals surface area contributed by atoms with E-state index in [2.05, 4.69) is 47.5 Å². The number of aliphatic carboxylic acids is 1. The van der Waals surface area contributed by atoms with Gasteiger partial charge in [-0.3, -0.25) is 4.79 Å². The number of carboxylic acids is 1. The van der Waals surface area contributed by atoms with Crippen LogP contribution in [0.15, 0.2) is 47.0 Å². The van der Waals surface area contributed by atoms with Crippen molar-refractivity contribution in [2.24, 2.45) is 17.8 Å². The van der Waals surface area contributed by atoms with Gasteiger partial charge in [0.25, 0.3) is 5.89 Å². The molecule has 4 rings (SSSR count). The molecule has 0 radical (unpaired) electrons. The minimum absolute atomic E-state index is 0.188. The van der Waals surface area contributed by atoms with Crippen molar-refractivity contribution in [2.75, 3.05) is 0 Å². The largest absolute Gasteiger partial charge is 0.481 e. The maximum atomic E-state index is 10.9. The van der Waals surface area contributed by atoms with Crippen LogP contribution in [0.5, 0.6) is 0 Å². The lowest BCUT2D eigenvalue weighted by Crippen LogP contribution is -2.43. The van der Waals surface area contributed by atoms with E-state index in [4.69, 9.17) is 9.63 Å². The molecule has 1 atom stereocenters. The minimum atomic E-state index is -0.689. The molecule has 1 unspecified atom stereocenters. The molecule has 1 saturated carbocycles. The van der Waals surface area contributed by atoms with Crippen LogP contribution in [-0.4, -0.2) is 27.3 Å². The van der Waals surface area contributed by atoms with Crippen LogP contribution in [0, 0.1) is 17.8 Å². The number of aromatic nitrogens is 2. The summed E-state index contributed by atoms with van der Waals surface area (Å²) < 4.78 is 5.49. The van der Waals surface area contributed by atoms with E-state index in [1.165, 1.54) is 6.42 Å². The molecule has 2 aliphatic rings. The summed E-state index contributed by atoms with van der Waals surface area (Å²) in [6.07, 6.45) is 10.2. The maximum Gasteiger partial charge on any atom is 0.306 e. The molecule has 1 heterocycles. The van der Waals surface area contributed by atoms with Crippen LogP contribution in [-0.2, 0) is 11.3 Å². The maximum absolute atomic E-state index is 10.9. The van der Waals surface area contributed by atoms with Gasteiger partial charge in [0.15, 0.2) is 0 Å². The fourth-order valence-electron chi connectivity index (χ4n) is 4.08. The Morgan fingerprint density at radius 1 is 1.27 bits per heavy atom. The van der Waals surface area contributed by atoms with Crippen molar-refractivity contribution in [2.45, 2.75) is 52.1 Å². The zero-order chi connectivity index (χ0) is 21.1. The van der Waals surface area contributed by atoms with Gasteiger partial charge in [0.2, 0.25) is 5.82 Å². The van der Waals surface area contributed by atoms with Crippen LogP contribution in [0.3, 0.4) is 0 Å². The highest BCUT2D eigenvalue weighted by atomic mass is 16.5. The normalized spacial score (nSPS) is 23.3. The third-order valence-electron chi connectivity index (χ3n) is 5.93. The van der Waals surface area contributed by atoms with Crippen molar-refractivity contribution in [3.63, 3.8) is 0 Å². The monoisotopic (exact) mass is 407 g/mol. The number of hydrogen-bond acceptors (Lipinski definition) is 5. The van der Waals surface area contributed by atoms with Gasteiger partial charge >= 0.3 is 5.97 Å². The van der Waals surface area contributed by atoms with E-state index in [-0.39, 0.29) is 5.92 Å². The van der Waals surface area contributed by atoms with Gasteiger partial charge in [-0.15, -0.1) is 0 Å².